The number of hydrogen-bond acceptors (Lipinski definition) is 3. The molecule has 0 saturated carbocycles. The first-order valence-electron chi connectivity index (χ1n) is 8.20. The van der Waals surface area contributed by atoms with Gasteiger partial charge < -0.3 is 5.32 Å². The van der Waals surface area contributed by atoms with Gasteiger partial charge in [0.15, 0.2) is 0 Å². The van der Waals surface area contributed by atoms with Crippen molar-refractivity contribution in [2.75, 3.05) is 10.0 Å². The molecule has 3 aromatic carbocycles. The van der Waals surface area contributed by atoms with Gasteiger partial charge in [-0.05, 0) is 61.5 Å². The molecular weight excluding hydrogens is 419 g/mol. The Bertz CT molecular complexity index is 1110. The van der Waals surface area contributed by atoms with E-state index < -0.39 is 10.0 Å². The lowest BCUT2D eigenvalue weighted by Crippen LogP contribution is -2.14. The average Bonchev–Trinajstić information content (AvgIpc) is 2.65. The lowest BCUT2D eigenvalue weighted by molar-refractivity contribution is 0.102. The summed E-state index contributed by atoms with van der Waals surface area (Å²) in [6.45, 7) is 1.96. The van der Waals surface area contributed by atoms with Gasteiger partial charge in [0.05, 0.1) is 5.02 Å². The molecule has 2 N–H and O–H groups in total. The predicted octanol–water partition coefficient (Wildman–Crippen LogP) is 5.35. The van der Waals surface area contributed by atoms with E-state index in [-0.39, 0.29) is 20.8 Å². The molecule has 0 heterocycles. The molecule has 0 bridgehead atoms. The van der Waals surface area contributed by atoms with Gasteiger partial charge in [-0.1, -0.05) is 40.9 Å². The van der Waals surface area contributed by atoms with Gasteiger partial charge in [-0.25, -0.2) is 8.42 Å². The largest absolute Gasteiger partial charge is 0.322 e. The van der Waals surface area contributed by atoms with Crippen molar-refractivity contribution in [1.29, 1.82) is 0 Å². The summed E-state index contributed by atoms with van der Waals surface area (Å²) in [6.07, 6.45) is 0. The smallest absolute Gasteiger partial charge is 0.263 e. The summed E-state index contributed by atoms with van der Waals surface area (Å²) in [7, 11) is -3.92. The van der Waals surface area contributed by atoms with Crippen LogP contribution in [0.15, 0.2) is 71.6 Å². The van der Waals surface area contributed by atoms with Gasteiger partial charge in [-0.3, -0.25) is 9.52 Å². The summed E-state index contributed by atoms with van der Waals surface area (Å²) in [5, 5.41) is 3.10. The molecule has 5 nitrogen and oxygen atoms in total. The van der Waals surface area contributed by atoms with Crippen LogP contribution in [0.4, 0.5) is 11.4 Å². The first kappa shape index (κ1) is 20.2. The number of carbonyl (C=O) groups excluding carboxylic acids is 1. The van der Waals surface area contributed by atoms with E-state index >= 15 is 0 Å². The molecule has 0 atom stereocenters. The Kier molecular flexibility index (Phi) is 5.93. The number of benzene rings is 3. The van der Waals surface area contributed by atoms with Crippen LogP contribution in [0, 0.1) is 6.92 Å². The van der Waals surface area contributed by atoms with Gasteiger partial charge in [0, 0.05) is 22.0 Å². The van der Waals surface area contributed by atoms with Crippen molar-refractivity contribution in [3.05, 3.63) is 87.9 Å². The summed E-state index contributed by atoms with van der Waals surface area (Å²) in [5.41, 5.74) is 2.46. The van der Waals surface area contributed by atoms with Gasteiger partial charge in [-0.15, -0.1) is 0 Å². The van der Waals surface area contributed by atoms with E-state index in [1.165, 1.54) is 42.5 Å². The molecule has 0 aliphatic rings. The summed E-state index contributed by atoms with van der Waals surface area (Å²) in [5.74, 6) is -0.295. The second-order valence-corrected chi connectivity index (χ2v) is 8.57. The lowest BCUT2D eigenvalue weighted by Gasteiger charge is -2.11. The SMILES string of the molecule is Cc1ccc(NC(=O)c2ccc(NS(=O)(=O)c3cc(Cl)ccc3Cl)cc2)cc1. The number of halogens is 2. The number of rotatable bonds is 5. The maximum atomic E-state index is 12.5. The molecule has 28 heavy (non-hydrogen) atoms. The second kappa shape index (κ2) is 8.22. The van der Waals surface area contributed by atoms with Crippen LogP contribution in [-0.4, -0.2) is 14.3 Å². The van der Waals surface area contributed by atoms with Crippen molar-refractivity contribution in [2.24, 2.45) is 0 Å². The van der Waals surface area contributed by atoms with Crippen molar-refractivity contribution in [1.82, 2.24) is 0 Å². The third kappa shape index (κ3) is 4.84. The van der Waals surface area contributed by atoms with Crippen molar-refractivity contribution in [3.63, 3.8) is 0 Å². The van der Waals surface area contributed by atoms with Gasteiger partial charge in [0.25, 0.3) is 15.9 Å². The highest BCUT2D eigenvalue weighted by molar-refractivity contribution is 7.92. The molecule has 0 radical (unpaired) electrons. The number of aryl methyl sites for hydroxylation is 1. The van der Waals surface area contributed by atoms with Crippen LogP contribution in [0.5, 0.6) is 0 Å². The van der Waals surface area contributed by atoms with E-state index in [2.05, 4.69) is 10.0 Å². The van der Waals surface area contributed by atoms with E-state index in [4.69, 9.17) is 23.2 Å². The number of amides is 1. The lowest BCUT2D eigenvalue weighted by atomic mass is 10.2. The summed E-state index contributed by atoms with van der Waals surface area (Å²) < 4.78 is 27.5. The Morgan fingerprint density at radius 1 is 0.857 bits per heavy atom. The van der Waals surface area contributed by atoms with Crippen molar-refractivity contribution in [3.8, 4) is 0 Å². The molecule has 0 saturated heterocycles. The van der Waals surface area contributed by atoms with Crippen molar-refractivity contribution >= 4 is 50.5 Å². The first-order chi connectivity index (χ1) is 13.2. The number of carbonyl (C=O) groups is 1. The van der Waals surface area contributed by atoms with Gasteiger partial charge in [0.1, 0.15) is 4.90 Å². The summed E-state index contributed by atoms with van der Waals surface area (Å²) in [6, 6.07) is 17.7. The minimum Gasteiger partial charge on any atom is -0.322 e. The molecule has 0 unspecified atom stereocenters. The molecule has 0 aliphatic heterocycles. The molecule has 0 aliphatic carbocycles. The van der Waals surface area contributed by atoms with Crippen LogP contribution >= 0.6 is 23.2 Å². The van der Waals surface area contributed by atoms with E-state index in [9.17, 15) is 13.2 Å². The summed E-state index contributed by atoms with van der Waals surface area (Å²) in [4.78, 5) is 12.2. The molecular formula is C20H16Cl2N2O3S. The number of sulfonamides is 1. The molecule has 3 aromatic rings. The quantitative estimate of drug-likeness (QED) is 0.567. The first-order valence-corrected chi connectivity index (χ1v) is 10.4. The average molecular weight is 435 g/mol. The molecule has 3 rings (SSSR count). The van der Waals surface area contributed by atoms with E-state index in [0.717, 1.165) is 5.56 Å². The van der Waals surface area contributed by atoms with E-state index in [1.54, 1.807) is 0 Å². The highest BCUT2D eigenvalue weighted by atomic mass is 35.5. The van der Waals surface area contributed by atoms with Crippen molar-refractivity contribution in [2.45, 2.75) is 11.8 Å². The third-order valence-electron chi connectivity index (χ3n) is 3.89. The maximum Gasteiger partial charge on any atom is 0.263 e. The zero-order chi connectivity index (χ0) is 20.3. The Hall–Kier alpha value is -2.54. The van der Waals surface area contributed by atoms with E-state index in [1.807, 2.05) is 31.2 Å². The van der Waals surface area contributed by atoms with Crippen LogP contribution in [0.3, 0.4) is 0 Å². The molecule has 8 heteroatoms. The Balaban J connectivity index is 1.74. The fourth-order valence-electron chi connectivity index (χ4n) is 2.42. The van der Waals surface area contributed by atoms with Crippen LogP contribution in [0.2, 0.25) is 10.0 Å². The topological polar surface area (TPSA) is 75.3 Å². The highest BCUT2D eigenvalue weighted by Gasteiger charge is 2.19. The highest BCUT2D eigenvalue weighted by Crippen LogP contribution is 2.27. The Labute approximate surface area is 173 Å². The monoisotopic (exact) mass is 434 g/mol. The minimum atomic E-state index is -3.92. The predicted molar refractivity (Wildman–Crippen MR) is 113 cm³/mol. The molecule has 0 fully saturated rings. The third-order valence-corrected chi connectivity index (χ3v) is 5.99. The van der Waals surface area contributed by atoms with Crippen LogP contribution in [-0.2, 0) is 10.0 Å². The fraction of sp³-hybridized carbons (Fsp3) is 0.0500. The Morgan fingerprint density at radius 2 is 1.46 bits per heavy atom. The molecule has 0 aromatic heterocycles. The maximum absolute atomic E-state index is 12.5. The minimum absolute atomic E-state index is 0.0611. The Morgan fingerprint density at radius 3 is 2.11 bits per heavy atom. The normalized spacial score (nSPS) is 11.1. The zero-order valence-electron chi connectivity index (χ0n) is 14.7. The van der Waals surface area contributed by atoms with Crippen LogP contribution in [0.1, 0.15) is 15.9 Å². The van der Waals surface area contributed by atoms with E-state index in [0.29, 0.717) is 16.9 Å². The molecule has 144 valence electrons. The van der Waals surface area contributed by atoms with Gasteiger partial charge >= 0.3 is 0 Å². The van der Waals surface area contributed by atoms with Crippen molar-refractivity contribution < 1.29 is 13.2 Å². The fourth-order valence-corrected chi connectivity index (χ4v) is 4.25. The number of nitrogens with one attached hydrogen (secondary N) is 2. The molecule has 0 spiro atoms. The summed E-state index contributed by atoms with van der Waals surface area (Å²) >= 11 is 11.8. The van der Waals surface area contributed by atoms with Gasteiger partial charge in [-0.2, -0.15) is 0 Å². The number of anilines is 2. The van der Waals surface area contributed by atoms with Gasteiger partial charge in [0.2, 0.25) is 0 Å². The van der Waals surface area contributed by atoms with Crippen LogP contribution < -0.4 is 10.0 Å². The zero-order valence-corrected chi connectivity index (χ0v) is 17.1. The second-order valence-electron chi connectivity index (χ2n) is 6.08. The standard InChI is InChI=1S/C20H16Cl2N2O3S/c1-13-2-7-16(8-3-13)23-20(25)14-4-9-17(10-5-14)24-28(26,27)19-12-15(21)6-11-18(19)22/h2-12,24H,1H3,(H,23,25). The van der Waals surface area contributed by atoms with Crippen LogP contribution in [0.25, 0.3) is 0 Å². The number of hydrogen-bond donors (Lipinski definition) is 2. The molecule has 1 amide bonds.